The van der Waals surface area contributed by atoms with Crippen molar-refractivity contribution in [3.05, 3.63) is 0 Å². The highest BCUT2D eigenvalue weighted by atomic mass is 16.4. The van der Waals surface area contributed by atoms with Crippen molar-refractivity contribution in [3.8, 4) is 0 Å². The molecule has 3 nitrogen and oxygen atoms in total. The van der Waals surface area contributed by atoms with Gasteiger partial charge in [-0.15, -0.1) is 0 Å². The second-order valence-corrected chi connectivity index (χ2v) is 3.29. The maximum atomic E-state index is 10.2. The smallest absolute Gasteiger partial charge is 0.303 e. The highest BCUT2D eigenvalue weighted by molar-refractivity contribution is 5.66. The van der Waals surface area contributed by atoms with E-state index in [0.717, 1.165) is 32.5 Å². The van der Waals surface area contributed by atoms with Crippen LogP contribution in [-0.4, -0.2) is 35.6 Å². The molecule has 0 radical (unpaired) electrons. The molecule has 1 N–H and O–H groups in total. The first-order valence-electron chi connectivity index (χ1n) is 6.14. The summed E-state index contributed by atoms with van der Waals surface area (Å²) in [7, 11) is 0. The fourth-order valence-electron chi connectivity index (χ4n) is 1.36. The second kappa shape index (κ2) is 13.4. The zero-order valence-electron chi connectivity index (χ0n) is 10.8. The second-order valence-electron chi connectivity index (χ2n) is 3.29. The maximum absolute atomic E-state index is 10.2. The first-order chi connectivity index (χ1) is 7.20. The summed E-state index contributed by atoms with van der Waals surface area (Å²) < 4.78 is 0. The number of unbranched alkanes of at least 4 members (excludes halogenated alkanes) is 1. The molecule has 0 fully saturated rings. The van der Waals surface area contributed by atoms with E-state index in [1.54, 1.807) is 0 Å². The van der Waals surface area contributed by atoms with Gasteiger partial charge in [0.15, 0.2) is 0 Å². The quantitative estimate of drug-likeness (QED) is 0.635. The molecule has 0 aliphatic heterocycles. The van der Waals surface area contributed by atoms with Gasteiger partial charge in [0.1, 0.15) is 0 Å². The third kappa shape index (κ3) is 13.4. The molecule has 0 rings (SSSR count). The van der Waals surface area contributed by atoms with E-state index in [2.05, 4.69) is 18.7 Å². The highest BCUT2D eigenvalue weighted by Crippen LogP contribution is 1.99. The molecule has 0 unspecified atom stereocenters. The Morgan fingerprint density at radius 1 is 1.13 bits per heavy atom. The van der Waals surface area contributed by atoms with Gasteiger partial charge in [-0.25, -0.2) is 0 Å². The molecule has 0 saturated heterocycles. The molecule has 0 amide bonds. The fourth-order valence-corrected chi connectivity index (χ4v) is 1.36. The monoisotopic (exact) mass is 217 g/mol. The van der Waals surface area contributed by atoms with Crippen molar-refractivity contribution in [1.29, 1.82) is 0 Å². The van der Waals surface area contributed by atoms with Crippen LogP contribution in [0.4, 0.5) is 0 Å². The van der Waals surface area contributed by atoms with Gasteiger partial charge in [-0.3, -0.25) is 4.79 Å². The minimum Gasteiger partial charge on any atom is -0.481 e. The van der Waals surface area contributed by atoms with Gasteiger partial charge in [-0.05, 0) is 38.9 Å². The van der Waals surface area contributed by atoms with Crippen molar-refractivity contribution in [2.24, 2.45) is 0 Å². The average Bonchev–Trinajstić information content (AvgIpc) is 2.25. The molecule has 0 aromatic carbocycles. The summed E-state index contributed by atoms with van der Waals surface area (Å²) >= 11 is 0. The number of rotatable bonds is 8. The van der Waals surface area contributed by atoms with E-state index in [1.165, 1.54) is 6.42 Å². The Bertz CT molecular complexity index is 138. The van der Waals surface area contributed by atoms with Crippen LogP contribution in [-0.2, 0) is 4.79 Å². The van der Waals surface area contributed by atoms with Crippen LogP contribution in [0, 0.1) is 0 Å². The predicted octanol–water partition coefficient (Wildman–Crippen LogP) is 3.00. The van der Waals surface area contributed by atoms with Crippen LogP contribution in [0.3, 0.4) is 0 Å². The van der Waals surface area contributed by atoms with Crippen molar-refractivity contribution in [2.75, 3.05) is 19.6 Å². The van der Waals surface area contributed by atoms with Gasteiger partial charge in [0.25, 0.3) is 0 Å². The van der Waals surface area contributed by atoms with Crippen LogP contribution in [0.2, 0.25) is 0 Å². The average molecular weight is 217 g/mol. The molecular formula is C12H27NO2. The number of nitrogens with zero attached hydrogens (tertiary/aromatic N) is 1. The van der Waals surface area contributed by atoms with Crippen molar-refractivity contribution >= 4 is 5.97 Å². The molecule has 0 spiro atoms. The number of carbonyl (C=O) groups is 1. The Kier molecular flexibility index (Phi) is 15.1. The van der Waals surface area contributed by atoms with Gasteiger partial charge >= 0.3 is 5.97 Å². The summed E-state index contributed by atoms with van der Waals surface area (Å²) in [6.07, 6.45) is 3.28. The van der Waals surface area contributed by atoms with Gasteiger partial charge in [-0.1, -0.05) is 27.7 Å². The molecular weight excluding hydrogens is 190 g/mol. The lowest BCUT2D eigenvalue weighted by atomic mass is 10.2. The van der Waals surface area contributed by atoms with Crippen LogP contribution in [0.15, 0.2) is 0 Å². The van der Waals surface area contributed by atoms with Gasteiger partial charge in [0, 0.05) is 6.42 Å². The summed E-state index contributed by atoms with van der Waals surface area (Å²) in [6, 6.07) is 0. The number of hydrogen-bond acceptors (Lipinski definition) is 2. The Labute approximate surface area is 94.5 Å². The van der Waals surface area contributed by atoms with Gasteiger partial charge in [0.2, 0.25) is 0 Å². The zero-order valence-corrected chi connectivity index (χ0v) is 10.8. The molecule has 0 bridgehead atoms. The molecule has 15 heavy (non-hydrogen) atoms. The molecule has 0 aliphatic rings. The molecule has 0 aromatic rings. The number of aliphatic carboxylic acids is 1. The van der Waals surface area contributed by atoms with Crippen molar-refractivity contribution in [1.82, 2.24) is 4.90 Å². The lowest BCUT2D eigenvalue weighted by Crippen LogP contribution is -2.25. The lowest BCUT2D eigenvalue weighted by Gasteiger charge is -2.18. The Hall–Kier alpha value is -0.570. The molecule has 92 valence electrons. The summed E-state index contributed by atoms with van der Waals surface area (Å²) in [4.78, 5) is 12.6. The third-order valence-electron chi connectivity index (χ3n) is 2.10. The molecule has 0 atom stereocenters. The number of carboxylic acid groups (broad SMARTS) is 1. The predicted molar refractivity (Wildman–Crippen MR) is 65.2 cm³/mol. The molecule has 0 heterocycles. The van der Waals surface area contributed by atoms with E-state index in [9.17, 15) is 4.79 Å². The van der Waals surface area contributed by atoms with E-state index >= 15 is 0 Å². The molecule has 0 aromatic heterocycles. The van der Waals surface area contributed by atoms with E-state index in [0.29, 0.717) is 6.42 Å². The van der Waals surface area contributed by atoms with Crippen LogP contribution >= 0.6 is 0 Å². The first-order valence-corrected chi connectivity index (χ1v) is 6.14. The lowest BCUT2D eigenvalue weighted by molar-refractivity contribution is -0.137. The Morgan fingerprint density at radius 3 is 2.13 bits per heavy atom. The van der Waals surface area contributed by atoms with Crippen molar-refractivity contribution in [3.63, 3.8) is 0 Å². The Balaban J connectivity index is 0. The van der Waals surface area contributed by atoms with Crippen LogP contribution in [0.1, 0.15) is 53.4 Å². The first kappa shape index (κ1) is 16.8. The minimum absolute atomic E-state index is 0.309. The highest BCUT2D eigenvalue weighted by Gasteiger charge is 2.01. The van der Waals surface area contributed by atoms with E-state index in [-0.39, 0.29) is 0 Å². The fraction of sp³-hybridized carbons (Fsp3) is 0.917. The molecule has 0 saturated carbocycles. The Morgan fingerprint density at radius 2 is 1.73 bits per heavy atom. The van der Waals surface area contributed by atoms with Crippen molar-refractivity contribution in [2.45, 2.75) is 53.4 Å². The SMILES string of the molecule is CC.CCCN(CC)CCCCC(=O)O. The van der Waals surface area contributed by atoms with Crippen LogP contribution in [0.5, 0.6) is 0 Å². The number of carboxylic acids is 1. The molecule has 3 heteroatoms. The summed E-state index contributed by atoms with van der Waals surface area (Å²) in [6.45, 7) is 11.6. The van der Waals surface area contributed by atoms with Gasteiger partial charge < -0.3 is 10.0 Å². The minimum atomic E-state index is -0.682. The van der Waals surface area contributed by atoms with Crippen LogP contribution < -0.4 is 0 Å². The summed E-state index contributed by atoms with van der Waals surface area (Å²) in [5, 5.41) is 8.43. The number of hydrogen-bond donors (Lipinski definition) is 1. The summed E-state index contributed by atoms with van der Waals surface area (Å²) in [5.74, 6) is -0.682. The molecule has 0 aliphatic carbocycles. The van der Waals surface area contributed by atoms with E-state index in [1.807, 2.05) is 13.8 Å². The van der Waals surface area contributed by atoms with E-state index in [4.69, 9.17) is 5.11 Å². The summed E-state index contributed by atoms with van der Waals surface area (Å²) in [5.41, 5.74) is 0. The van der Waals surface area contributed by atoms with Crippen molar-refractivity contribution < 1.29 is 9.90 Å². The van der Waals surface area contributed by atoms with Gasteiger partial charge in [0.05, 0.1) is 0 Å². The topological polar surface area (TPSA) is 40.5 Å². The largest absolute Gasteiger partial charge is 0.481 e. The zero-order chi connectivity index (χ0) is 12.1. The third-order valence-corrected chi connectivity index (χ3v) is 2.10. The van der Waals surface area contributed by atoms with Crippen LogP contribution in [0.25, 0.3) is 0 Å². The maximum Gasteiger partial charge on any atom is 0.303 e. The standard InChI is InChI=1S/C10H21NO2.C2H6/c1-3-8-11(4-2)9-6-5-7-10(12)13;1-2/h3-9H2,1-2H3,(H,12,13);1-2H3. The van der Waals surface area contributed by atoms with E-state index < -0.39 is 5.97 Å². The van der Waals surface area contributed by atoms with Gasteiger partial charge in [-0.2, -0.15) is 0 Å². The normalized spacial score (nSPS) is 9.67.